The Balaban J connectivity index is 1.67. The van der Waals surface area contributed by atoms with Gasteiger partial charge in [0.05, 0.1) is 6.10 Å². The fourth-order valence-electron chi connectivity index (χ4n) is 2.92. The van der Waals surface area contributed by atoms with Crippen molar-refractivity contribution in [2.75, 3.05) is 6.61 Å². The molecule has 1 saturated carbocycles. The van der Waals surface area contributed by atoms with Crippen molar-refractivity contribution in [2.45, 2.75) is 57.1 Å². The maximum atomic E-state index is 6.04. The molecule has 2 rings (SSSR count). The summed E-state index contributed by atoms with van der Waals surface area (Å²) in [5.41, 5.74) is 2.86. The van der Waals surface area contributed by atoms with Crippen molar-refractivity contribution in [3.05, 3.63) is 35.4 Å². The molecule has 0 aromatic heterocycles. The van der Waals surface area contributed by atoms with E-state index in [0.717, 1.165) is 25.0 Å². The van der Waals surface area contributed by atoms with E-state index in [-0.39, 0.29) is 0 Å². The number of ether oxygens (including phenoxy) is 1. The fourth-order valence-corrected chi connectivity index (χ4v) is 5.99. The maximum Gasteiger partial charge on any atom is 0.267 e. The van der Waals surface area contributed by atoms with E-state index in [1.165, 1.54) is 36.8 Å². The van der Waals surface area contributed by atoms with Gasteiger partial charge in [-0.3, -0.25) is 0 Å². The zero-order chi connectivity index (χ0) is 15.3. The van der Waals surface area contributed by atoms with Gasteiger partial charge in [-0.15, -0.1) is 0 Å². The Bertz CT molecular complexity index is 422. The van der Waals surface area contributed by atoms with Gasteiger partial charge in [0.2, 0.25) is 0 Å². The van der Waals surface area contributed by atoms with Gasteiger partial charge in [-0.2, -0.15) is 0 Å². The van der Waals surface area contributed by atoms with Gasteiger partial charge in [-0.1, -0.05) is 75.7 Å². The number of halogens is 3. The number of rotatable bonds is 6. The molecule has 0 amide bonds. The van der Waals surface area contributed by atoms with Crippen LogP contribution in [0, 0.1) is 6.92 Å². The molecule has 1 nitrogen and oxygen atoms in total. The Labute approximate surface area is 153 Å². The number of aryl methyl sites for hydroxylation is 1. The summed E-state index contributed by atoms with van der Waals surface area (Å²) in [7, 11) is 0. The molecule has 0 N–H and O–H groups in total. The Kier molecular flexibility index (Phi) is 7.46. The van der Waals surface area contributed by atoms with Crippen molar-refractivity contribution >= 4 is 49.8 Å². The Morgan fingerprint density at radius 1 is 1.05 bits per heavy atom. The molecule has 5 heteroatoms. The lowest BCUT2D eigenvalue weighted by atomic mass is 9.82. The molecule has 0 spiro atoms. The largest absolute Gasteiger partial charge is 0.378 e. The molecule has 118 valence electrons. The molecule has 0 aliphatic heterocycles. The molecule has 0 heterocycles. The molecule has 0 saturated heterocycles. The molecule has 21 heavy (non-hydrogen) atoms. The van der Waals surface area contributed by atoms with E-state index in [4.69, 9.17) is 4.74 Å². The third-order valence-electron chi connectivity index (χ3n) is 4.18. The molecular formula is C16H23Br3OSi. The molecule has 0 atom stereocenters. The van der Waals surface area contributed by atoms with Gasteiger partial charge in [-0.25, -0.2) is 0 Å². The Morgan fingerprint density at radius 3 is 2.24 bits per heavy atom. The average Bonchev–Trinajstić information content (AvgIpc) is 2.44. The molecule has 1 fully saturated rings. The van der Waals surface area contributed by atoms with Crippen LogP contribution in [-0.2, 0) is 4.74 Å². The maximum absolute atomic E-state index is 6.04. The first-order valence-corrected chi connectivity index (χ1v) is 16.7. The Hall–Kier alpha value is 0.837. The van der Waals surface area contributed by atoms with Crippen LogP contribution in [0.25, 0.3) is 0 Å². The predicted octanol–water partition coefficient (Wildman–Crippen LogP) is 6.55. The summed E-state index contributed by atoms with van der Waals surface area (Å²) < 4.78 is 4.60. The first-order valence-electron chi connectivity index (χ1n) is 7.69. The minimum absolute atomic E-state index is 0.476. The number of hydrogen-bond acceptors (Lipinski definition) is 1. The molecule has 0 radical (unpaired) electrons. The smallest absolute Gasteiger partial charge is 0.267 e. The fraction of sp³-hybridized carbons (Fsp3) is 0.625. The zero-order valence-electron chi connectivity index (χ0n) is 12.5. The van der Waals surface area contributed by atoms with Crippen LogP contribution in [-0.4, -0.2) is 16.6 Å². The highest BCUT2D eigenvalue weighted by Gasteiger charge is 2.24. The summed E-state index contributed by atoms with van der Waals surface area (Å²) in [5.74, 6) is 0.734. The van der Waals surface area contributed by atoms with Crippen LogP contribution in [0.2, 0.25) is 6.04 Å². The minimum Gasteiger partial charge on any atom is -0.378 e. The second-order valence-electron chi connectivity index (χ2n) is 5.97. The molecule has 0 unspecified atom stereocenters. The highest BCUT2D eigenvalue weighted by Crippen LogP contribution is 2.35. The second kappa shape index (κ2) is 8.62. The van der Waals surface area contributed by atoms with Crippen LogP contribution in [0.4, 0.5) is 0 Å². The van der Waals surface area contributed by atoms with Crippen molar-refractivity contribution in [2.24, 2.45) is 0 Å². The summed E-state index contributed by atoms with van der Waals surface area (Å²) in [6.45, 7) is 3.04. The highest BCUT2D eigenvalue weighted by molar-refractivity contribution is 9.72. The molecule has 1 aromatic rings. The van der Waals surface area contributed by atoms with E-state index in [9.17, 15) is 0 Å². The van der Waals surface area contributed by atoms with Crippen LogP contribution >= 0.6 is 45.9 Å². The molecule has 1 aliphatic rings. The van der Waals surface area contributed by atoms with Crippen molar-refractivity contribution in [3.63, 3.8) is 0 Å². The van der Waals surface area contributed by atoms with Crippen molar-refractivity contribution < 1.29 is 4.74 Å². The van der Waals surface area contributed by atoms with Crippen LogP contribution in [0.3, 0.4) is 0 Å². The van der Waals surface area contributed by atoms with Crippen LogP contribution in [0.15, 0.2) is 24.3 Å². The summed E-state index contributed by atoms with van der Waals surface area (Å²) in [6.07, 6.45) is 6.54. The van der Waals surface area contributed by atoms with E-state index in [2.05, 4.69) is 77.1 Å². The molecule has 1 aromatic carbocycles. The second-order valence-corrected chi connectivity index (χ2v) is 29.5. The van der Waals surface area contributed by atoms with Gasteiger partial charge in [0, 0.05) is 6.61 Å². The summed E-state index contributed by atoms with van der Waals surface area (Å²) >= 11 is 11.0. The zero-order valence-corrected chi connectivity index (χ0v) is 18.2. The van der Waals surface area contributed by atoms with Crippen molar-refractivity contribution in [3.8, 4) is 0 Å². The van der Waals surface area contributed by atoms with Crippen LogP contribution < -0.4 is 0 Å². The van der Waals surface area contributed by atoms with E-state index < -0.39 is 3.93 Å². The van der Waals surface area contributed by atoms with Gasteiger partial charge in [0.25, 0.3) is 3.93 Å². The molecular weight excluding hydrogens is 476 g/mol. The van der Waals surface area contributed by atoms with E-state index in [1.54, 1.807) is 0 Å². The SMILES string of the molecule is Cc1ccc(C2CCC(OCCC[Si](Br)(Br)Br)CC2)cc1. The third-order valence-corrected chi connectivity index (χ3v) is 8.67. The van der Waals surface area contributed by atoms with Crippen molar-refractivity contribution in [1.82, 2.24) is 0 Å². The summed E-state index contributed by atoms with van der Waals surface area (Å²) in [5, 5.41) is 0. The predicted molar refractivity (Wildman–Crippen MR) is 104 cm³/mol. The van der Waals surface area contributed by atoms with Gasteiger partial charge < -0.3 is 4.74 Å². The third kappa shape index (κ3) is 6.86. The van der Waals surface area contributed by atoms with Gasteiger partial charge in [0.15, 0.2) is 0 Å². The van der Waals surface area contributed by atoms with Crippen LogP contribution in [0.1, 0.15) is 49.1 Å². The van der Waals surface area contributed by atoms with Crippen molar-refractivity contribution in [1.29, 1.82) is 0 Å². The topological polar surface area (TPSA) is 9.23 Å². The normalized spacial score (nSPS) is 23.2. The average molecular weight is 499 g/mol. The lowest BCUT2D eigenvalue weighted by Crippen LogP contribution is -2.21. The van der Waals surface area contributed by atoms with Gasteiger partial charge in [-0.05, 0) is 56.6 Å². The van der Waals surface area contributed by atoms with E-state index >= 15 is 0 Å². The molecule has 0 bridgehead atoms. The van der Waals surface area contributed by atoms with Crippen LogP contribution in [0.5, 0.6) is 0 Å². The highest BCUT2D eigenvalue weighted by atomic mass is 80.0. The monoisotopic (exact) mass is 496 g/mol. The quantitative estimate of drug-likeness (QED) is 0.245. The van der Waals surface area contributed by atoms with E-state index in [0.29, 0.717) is 6.10 Å². The first kappa shape index (κ1) is 18.2. The standard InChI is InChI=1S/C16H23Br3OSi/c1-13-3-5-14(6-4-13)15-7-9-16(10-8-15)20-11-2-12-21(17,18)19/h3-6,15-16H,2,7-12H2,1H3. The summed E-state index contributed by atoms with van der Waals surface area (Å²) in [4.78, 5) is 0. The van der Waals surface area contributed by atoms with Gasteiger partial charge >= 0.3 is 0 Å². The lowest BCUT2D eigenvalue weighted by Gasteiger charge is -2.29. The molecule has 1 aliphatic carbocycles. The van der Waals surface area contributed by atoms with E-state index in [1.807, 2.05) is 0 Å². The minimum atomic E-state index is -1.45. The number of hydrogen-bond donors (Lipinski definition) is 0. The van der Waals surface area contributed by atoms with Gasteiger partial charge in [0.1, 0.15) is 0 Å². The summed E-state index contributed by atoms with van der Waals surface area (Å²) in [6, 6.07) is 10.2. The Morgan fingerprint density at radius 2 is 1.67 bits per heavy atom. The lowest BCUT2D eigenvalue weighted by molar-refractivity contribution is 0.0251. The first-order chi connectivity index (χ1) is 9.94. The number of benzene rings is 1.